The average Bonchev–Trinajstić information content (AvgIpc) is 2.99. The van der Waals surface area contributed by atoms with Gasteiger partial charge >= 0.3 is 0 Å². The molecule has 122 valence electrons. The first-order valence-electron chi connectivity index (χ1n) is 8.47. The summed E-state index contributed by atoms with van der Waals surface area (Å²) in [6.45, 7) is 9.55. The second-order valence-electron chi connectivity index (χ2n) is 6.82. The zero-order chi connectivity index (χ0) is 15.5. The van der Waals surface area contributed by atoms with Gasteiger partial charge in [-0.25, -0.2) is 9.97 Å². The molecule has 0 aromatic carbocycles. The summed E-state index contributed by atoms with van der Waals surface area (Å²) in [4.78, 5) is 14.1. The fraction of sp³-hybridized carbons (Fsp3) is 0.765. The van der Waals surface area contributed by atoms with E-state index in [2.05, 4.69) is 26.8 Å². The lowest BCUT2D eigenvalue weighted by Gasteiger charge is -2.37. The second-order valence-corrected chi connectivity index (χ2v) is 6.82. The molecule has 0 radical (unpaired) electrons. The monoisotopic (exact) mass is 304 g/mol. The number of aryl methyl sites for hydroxylation is 2. The predicted molar refractivity (Wildman–Crippen MR) is 88.3 cm³/mol. The van der Waals surface area contributed by atoms with Gasteiger partial charge in [0.25, 0.3) is 0 Å². The van der Waals surface area contributed by atoms with Gasteiger partial charge in [-0.3, -0.25) is 0 Å². The molecule has 3 rings (SSSR count). The van der Waals surface area contributed by atoms with Gasteiger partial charge in [0.2, 0.25) is 5.95 Å². The minimum Gasteiger partial charge on any atom is -0.381 e. The van der Waals surface area contributed by atoms with E-state index in [1.165, 1.54) is 38.9 Å². The highest BCUT2D eigenvalue weighted by atomic mass is 16.5. The van der Waals surface area contributed by atoms with Gasteiger partial charge in [0, 0.05) is 50.7 Å². The first-order chi connectivity index (χ1) is 10.6. The number of nitrogens with zero attached hydrogens (tertiary/aromatic N) is 4. The van der Waals surface area contributed by atoms with Gasteiger partial charge in [-0.15, -0.1) is 0 Å². The maximum atomic E-state index is 5.49. The molecule has 1 aromatic heterocycles. The third-order valence-corrected chi connectivity index (χ3v) is 4.93. The topological polar surface area (TPSA) is 41.5 Å². The minimum atomic E-state index is 0.553. The van der Waals surface area contributed by atoms with Crippen molar-refractivity contribution in [2.75, 3.05) is 44.8 Å². The summed E-state index contributed by atoms with van der Waals surface area (Å²) in [5.41, 5.74) is 2.10. The van der Waals surface area contributed by atoms with E-state index in [0.717, 1.165) is 36.5 Å². The van der Waals surface area contributed by atoms with Crippen molar-refractivity contribution in [3.63, 3.8) is 0 Å². The molecule has 2 aliphatic rings. The predicted octanol–water partition coefficient (Wildman–Crippen LogP) is 2.03. The summed E-state index contributed by atoms with van der Waals surface area (Å²) < 4.78 is 5.49. The van der Waals surface area contributed by atoms with E-state index in [1.807, 2.05) is 19.9 Å². The summed E-state index contributed by atoms with van der Waals surface area (Å²) in [5.74, 6) is 1.62. The molecule has 2 saturated heterocycles. The van der Waals surface area contributed by atoms with E-state index in [0.29, 0.717) is 6.04 Å². The van der Waals surface area contributed by atoms with Crippen LogP contribution in [0.1, 0.15) is 30.7 Å². The van der Waals surface area contributed by atoms with Gasteiger partial charge in [0.15, 0.2) is 0 Å². The van der Waals surface area contributed by atoms with E-state index in [-0.39, 0.29) is 0 Å². The fourth-order valence-electron chi connectivity index (χ4n) is 3.61. The molecule has 3 heterocycles. The molecule has 1 unspecified atom stereocenters. The summed E-state index contributed by atoms with van der Waals surface area (Å²) in [6, 6.07) is 2.58. The molecule has 2 aliphatic heterocycles. The van der Waals surface area contributed by atoms with Crippen molar-refractivity contribution in [2.45, 2.75) is 39.2 Å². The van der Waals surface area contributed by atoms with Crippen LogP contribution in [0.2, 0.25) is 0 Å². The van der Waals surface area contributed by atoms with E-state index >= 15 is 0 Å². The third kappa shape index (κ3) is 3.76. The van der Waals surface area contributed by atoms with Crippen molar-refractivity contribution in [3.8, 4) is 0 Å². The minimum absolute atomic E-state index is 0.553. The number of aromatic nitrogens is 2. The van der Waals surface area contributed by atoms with Crippen LogP contribution in [0.15, 0.2) is 6.07 Å². The first kappa shape index (κ1) is 15.7. The molecule has 5 nitrogen and oxygen atoms in total. The molecule has 1 atom stereocenters. The van der Waals surface area contributed by atoms with Gasteiger partial charge in [-0.1, -0.05) is 0 Å². The number of anilines is 1. The molecule has 0 bridgehead atoms. The molecule has 5 heteroatoms. The molecule has 22 heavy (non-hydrogen) atoms. The summed E-state index contributed by atoms with van der Waals surface area (Å²) in [7, 11) is 2.14. The van der Waals surface area contributed by atoms with Crippen LogP contribution in [0.25, 0.3) is 0 Å². The first-order valence-corrected chi connectivity index (χ1v) is 8.47. The largest absolute Gasteiger partial charge is 0.381 e. The smallest absolute Gasteiger partial charge is 0.225 e. The van der Waals surface area contributed by atoms with Crippen molar-refractivity contribution in [1.82, 2.24) is 14.9 Å². The molecule has 0 N–H and O–H groups in total. The van der Waals surface area contributed by atoms with Crippen molar-refractivity contribution in [2.24, 2.45) is 5.92 Å². The normalized spacial score (nSPS) is 23.9. The Morgan fingerprint density at radius 2 is 1.86 bits per heavy atom. The zero-order valence-electron chi connectivity index (χ0n) is 14.1. The van der Waals surface area contributed by atoms with Gasteiger partial charge in [-0.05, 0) is 45.1 Å². The third-order valence-electron chi connectivity index (χ3n) is 4.93. The Hall–Kier alpha value is -1.20. The molecular weight excluding hydrogens is 276 g/mol. The lowest BCUT2D eigenvalue weighted by molar-refractivity contribution is 0.152. The Kier molecular flexibility index (Phi) is 4.93. The highest BCUT2D eigenvalue weighted by molar-refractivity contribution is 5.32. The van der Waals surface area contributed by atoms with Crippen LogP contribution in [0.5, 0.6) is 0 Å². The van der Waals surface area contributed by atoms with Gasteiger partial charge < -0.3 is 14.5 Å². The maximum absolute atomic E-state index is 5.49. The quantitative estimate of drug-likeness (QED) is 0.851. The van der Waals surface area contributed by atoms with Crippen LogP contribution in [-0.2, 0) is 4.74 Å². The van der Waals surface area contributed by atoms with E-state index in [9.17, 15) is 0 Å². The zero-order valence-corrected chi connectivity index (χ0v) is 14.1. The molecular formula is C17H28N4O. The Bertz CT molecular complexity index is 473. The SMILES string of the molecule is Cc1cc(C)nc(N(C)C2CCN(CC3CCOC3)CC2)n1. The van der Waals surface area contributed by atoms with Crippen LogP contribution in [-0.4, -0.2) is 60.8 Å². The lowest BCUT2D eigenvalue weighted by atomic mass is 10.0. The van der Waals surface area contributed by atoms with Crippen molar-refractivity contribution < 1.29 is 4.74 Å². The van der Waals surface area contributed by atoms with Gasteiger partial charge in [-0.2, -0.15) is 0 Å². The highest BCUT2D eigenvalue weighted by Gasteiger charge is 2.26. The van der Waals surface area contributed by atoms with Gasteiger partial charge in [0.05, 0.1) is 6.61 Å². The van der Waals surface area contributed by atoms with Crippen molar-refractivity contribution in [3.05, 3.63) is 17.5 Å². The van der Waals surface area contributed by atoms with Crippen molar-refractivity contribution in [1.29, 1.82) is 0 Å². The lowest BCUT2D eigenvalue weighted by Crippen LogP contribution is -2.45. The Morgan fingerprint density at radius 1 is 1.18 bits per heavy atom. The molecule has 1 aromatic rings. The fourth-order valence-corrected chi connectivity index (χ4v) is 3.61. The number of ether oxygens (including phenoxy) is 1. The number of hydrogen-bond acceptors (Lipinski definition) is 5. The Labute approximate surface area is 133 Å². The molecule has 0 spiro atoms. The van der Waals surface area contributed by atoms with Crippen LogP contribution < -0.4 is 4.90 Å². The highest BCUT2D eigenvalue weighted by Crippen LogP contribution is 2.22. The standard InChI is InChI=1S/C17H28N4O/c1-13-10-14(2)19-17(18-13)20(3)16-4-7-21(8-5-16)11-15-6-9-22-12-15/h10,15-16H,4-9,11-12H2,1-3H3. The summed E-state index contributed by atoms with van der Waals surface area (Å²) in [6.07, 6.45) is 3.62. The Balaban J connectivity index is 1.53. The van der Waals surface area contributed by atoms with E-state index in [1.54, 1.807) is 0 Å². The molecule has 0 amide bonds. The van der Waals surface area contributed by atoms with Crippen LogP contribution in [0.4, 0.5) is 5.95 Å². The van der Waals surface area contributed by atoms with Crippen molar-refractivity contribution >= 4 is 5.95 Å². The Morgan fingerprint density at radius 3 is 2.45 bits per heavy atom. The summed E-state index contributed by atoms with van der Waals surface area (Å²) in [5, 5.41) is 0. The van der Waals surface area contributed by atoms with E-state index < -0.39 is 0 Å². The number of likely N-dealkylation sites (tertiary alicyclic amines) is 1. The number of rotatable bonds is 4. The van der Waals surface area contributed by atoms with Crippen LogP contribution in [0, 0.1) is 19.8 Å². The second kappa shape index (κ2) is 6.92. The molecule has 2 fully saturated rings. The maximum Gasteiger partial charge on any atom is 0.225 e. The number of hydrogen-bond donors (Lipinski definition) is 0. The number of piperidine rings is 1. The average molecular weight is 304 g/mol. The molecule has 0 saturated carbocycles. The van der Waals surface area contributed by atoms with Gasteiger partial charge in [0.1, 0.15) is 0 Å². The molecule has 0 aliphatic carbocycles. The van der Waals surface area contributed by atoms with E-state index in [4.69, 9.17) is 4.74 Å². The van der Waals surface area contributed by atoms with Crippen LogP contribution >= 0.6 is 0 Å². The van der Waals surface area contributed by atoms with Crippen LogP contribution in [0.3, 0.4) is 0 Å². The summed E-state index contributed by atoms with van der Waals surface area (Å²) >= 11 is 0.